The smallest absolute Gasteiger partial charge is 0.281 e. The highest BCUT2D eigenvalue weighted by atomic mass is 35.5. The Morgan fingerprint density at radius 3 is 2.66 bits per heavy atom. The molecule has 0 saturated carbocycles. The molecule has 0 bridgehead atoms. The van der Waals surface area contributed by atoms with Crippen LogP contribution in [-0.2, 0) is 4.79 Å². The molecule has 0 aliphatic carbocycles. The van der Waals surface area contributed by atoms with Crippen LogP contribution in [0.25, 0.3) is 10.6 Å². The van der Waals surface area contributed by atoms with Gasteiger partial charge in [-0.2, -0.15) is 0 Å². The summed E-state index contributed by atoms with van der Waals surface area (Å²) in [6, 6.07) is 12.9. The Morgan fingerprint density at radius 1 is 1.17 bits per heavy atom. The van der Waals surface area contributed by atoms with Crippen LogP contribution in [0.15, 0.2) is 48.5 Å². The Labute approximate surface area is 175 Å². The number of thiazole rings is 1. The fourth-order valence-corrected chi connectivity index (χ4v) is 3.56. The van der Waals surface area contributed by atoms with E-state index in [2.05, 4.69) is 15.8 Å². The average Bonchev–Trinajstić information content (AvgIpc) is 3.09. The summed E-state index contributed by atoms with van der Waals surface area (Å²) >= 11 is 7.18. The molecule has 1 heterocycles. The van der Waals surface area contributed by atoms with Crippen molar-refractivity contribution in [2.45, 2.75) is 20.0 Å². The van der Waals surface area contributed by atoms with Gasteiger partial charge in [-0.15, -0.1) is 11.3 Å². The first kappa shape index (κ1) is 20.8. The van der Waals surface area contributed by atoms with Crippen LogP contribution in [0.2, 0.25) is 5.02 Å². The minimum Gasteiger partial charge on any atom is -0.478 e. The van der Waals surface area contributed by atoms with Gasteiger partial charge in [-0.3, -0.25) is 20.4 Å². The number of nitrogens with one attached hydrogen (secondary N) is 2. The van der Waals surface area contributed by atoms with Gasteiger partial charge >= 0.3 is 0 Å². The largest absolute Gasteiger partial charge is 0.478 e. The van der Waals surface area contributed by atoms with Gasteiger partial charge in [0, 0.05) is 10.6 Å². The van der Waals surface area contributed by atoms with E-state index in [0.717, 1.165) is 5.56 Å². The Hall–Kier alpha value is -2.97. The van der Waals surface area contributed by atoms with Crippen molar-refractivity contribution in [2.75, 3.05) is 0 Å². The van der Waals surface area contributed by atoms with Gasteiger partial charge in [-0.1, -0.05) is 35.9 Å². The molecule has 2 amide bonds. The molecule has 150 valence electrons. The van der Waals surface area contributed by atoms with Crippen LogP contribution in [0.1, 0.15) is 22.3 Å². The Balaban J connectivity index is 1.62. The summed E-state index contributed by atoms with van der Waals surface area (Å²) in [5.74, 6) is -1.77. The van der Waals surface area contributed by atoms with Gasteiger partial charge in [0.15, 0.2) is 17.7 Å². The molecule has 1 aromatic heterocycles. The number of para-hydroxylation sites is 1. The lowest BCUT2D eigenvalue weighted by molar-refractivity contribution is -0.128. The van der Waals surface area contributed by atoms with E-state index in [1.54, 1.807) is 31.2 Å². The van der Waals surface area contributed by atoms with Crippen LogP contribution in [0, 0.1) is 12.7 Å². The maximum Gasteiger partial charge on any atom is 0.281 e. The van der Waals surface area contributed by atoms with Gasteiger partial charge in [-0.25, -0.2) is 9.37 Å². The van der Waals surface area contributed by atoms with Crippen molar-refractivity contribution in [1.82, 2.24) is 15.8 Å². The second kappa shape index (κ2) is 9.02. The molecule has 29 heavy (non-hydrogen) atoms. The standard InChI is InChI=1S/C20H17ClFN3O3S/c1-11-17(29-20(23-11)13-6-5-7-14(21)10-13)19(27)25-24-18(26)12(2)28-16-9-4-3-8-15(16)22/h3-10,12H,1-2H3,(H,24,26)(H,25,27). The fraction of sp³-hybridized carbons (Fsp3) is 0.150. The molecule has 0 radical (unpaired) electrons. The van der Waals surface area contributed by atoms with Crippen molar-refractivity contribution in [3.05, 3.63) is 69.9 Å². The molecular weight excluding hydrogens is 417 g/mol. The third kappa shape index (κ3) is 5.10. The van der Waals surface area contributed by atoms with E-state index in [1.165, 1.54) is 36.5 Å². The third-order valence-electron chi connectivity index (χ3n) is 3.88. The molecule has 0 fully saturated rings. The summed E-state index contributed by atoms with van der Waals surface area (Å²) in [6.07, 6.45) is -1.02. The van der Waals surface area contributed by atoms with Gasteiger partial charge in [0.2, 0.25) is 0 Å². The SMILES string of the molecule is Cc1nc(-c2cccc(Cl)c2)sc1C(=O)NNC(=O)C(C)Oc1ccccc1F. The second-order valence-corrected chi connectivity index (χ2v) is 7.51. The molecule has 0 aliphatic heterocycles. The number of nitrogens with zero attached hydrogens (tertiary/aromatic N) is 1. The molecule has 3 rings (SSSR count). The van der Waals surface area contributed by atoms with Gasteiger partial charge in [0.25, 0.3) is 11.8 Å². The summed E-state index contributed by atoms with van der Waals surface area (Å²) in [4.78, 5) is 29.3. The maximum atomic E-state index is 13.6. The first-order valence-electron chi connectivity index (χ1n) is 8.60. The summed E-state index contributed by atoms with van der Waals surface area (Å²) < 4.78 is 18.9. The minimum absolute atomic E-state index is 0.0501. The lowest BCUT2D eigenvalue weighted by atomic mass is 10.2. The quantitative estimate of drug-likeness (QED) is 0.592. The first-order chi connectivity index (χ1) is 13.8. The van der Waals surface area contributed by atoms with E-state index in [9.17, 15) is 14.0 Å². The summed E-state index contributed by atoms with van der Waals surface area (Å²) in [6.45, 7) is 3.15. The minimum atomic E-state index is -1.02. The molecule has 9 heteroatoms. The van der Waals surface area contributed by atoms with Gasteiger partial charge in [-0.05, 0) is 38.1 Å². The lowest BCUT2D eigenvalue weighted by Crippen LogP contribution is -2.47. The van der Waals surface area contributed by atoms with E-state index in [4.69, 9.17) is 16.3 Å². The zero-order chi connectivity index (χ0) is 21.0. The van der Waals surface area contributed by atoms with E-state index in [0.29, 0.717) is 20.6 Å². The Morgan fingerprint density at radius 2 is 1.93 bits per heavy atom. The van der Waals surface area contributed by atoms with Gasteiger partial charge < -0.3 is 4.74 Å². The van der Waals surface area contributed by atoms with Crippen LogP contribution in [-0.4, -0.2) is 22.9 Å². The van der Waals surface area contributed by atoms with Crippen LogP contribution < -0.4 is 15.6 Å². The van der Waals surface area contributed by atoms with Gasteiger partial charge in [0.05, 0.1) is 5.69 Å². The van der Waals surface area contributed by atoms with Gasteiger partial charge in [0.1, 0.15) is 9.88 Å². The number of amides is 2. The number of aryl methyl sites for hydroxylation is 1. The molecule has 0 aliphatic rings. The van der Waals surface area contributed by atoms with Crippen molar-refractivity contribution in [3.63, 3.8) is 0 Å². The average molecular weight is 434 g/mol. The normalized spacial score (nSPS) is 11.6. The monoisotopic (exact) mass is 433 g/mol. The summed E-state index contributed by atoms with van der Waals surface area (Å²) in [5.41, 5.74) is 5.92. The van der Waals surface area contributed by atoms with Crippen LogP contribution in [0.4, 0.5) is 4.39 Å². The van der Waals surface area contributed by atoms with Crippen LogP contribution >= 0.6 is 22.9 Å². The van der Waals surface area contributed by atoms with Crippen molar-refractivity contribution >= 4 is 34.8 Å². The number of carbonyl (C=O) groups is 2. The predicted octanol–water partition coefficient (Wildman–Crippen LogP) is 4.14. The highest BCUT2D eigenvalue weighted by Gasteiger charge is 2.20. The molecule has 0 spiro atoms. The van der Waals surface area contributed by atoms with E-state index >= 15 is 0 Å². The number of hydrogen-bond donors (Lipinski definition) is 2. The van der Waals surface area contributed by atoms with Crippen LogP contribution in [0.3, 0.4) is 0 Å². The highest BCUT2D eigenvalue weighted by molar-refractivity contribution is 7.17. The number of benzene rings is 2. The third-order valence-corrected chi connectivity index (χ3v) is 5.32. The molecule has 1 atom stereocenters. The molecule has 6 nitrogen and oxygen atoms in total. The number of rotatable bonds is 5. The van der Waals surface area contributed by atoms with Crippen molar-refractivity contribution in [1.29, 1.82) is 0 Å². The zero-order valence-corrected chi connectivity index (χ0v) is 17.1. The molecule has 2 N–H and O–H groups in total. The number of hydrazine groups is 1. The summed E-state index contributed by atoms with van der Waals surface area (Å²) in [5, 5.41) is 1.20. The molecular formula is C20H17ClFN3O3S. The topological polar surface area (TPSA) is 80.3 Å². The fourth-order valence-electron chi connectivity index (χ4n) is 2.41. The maximum absolute atomic E-state index is 13.6. The summed E-state index contributed by atoms with van der Waals surface area (Å²) in [7, 11) is 0. The second-order valence-electron chi connectivity index (χ2n) is 6.08. The van der Waals surface area contributed by atoms with E-state index in [1.807, 2.05) is 6.07 Å². The van der Waals surface area contributed by atoms with Crippen molar-refractivity contribution in [2.24, 2.45) is 0 Å². The molecule has 0 saturated heterocycles. The predicted molar refractivity (Wildman–Crippen MR) is 109 cm³/mol. The van der Waals surface area contributed by atoms with E-state index in [-0.39, 0.29) is 5.75 Å². The molecule has 3 aromatic rings. The Kier molecular flexibility index (Phi) is 6.46. The van der Waals surface area contributed by atoms with Crippen molar-refractivity contribution in [3.8, 4) is 16.3 Å². The van der Waals surface area contributed by atoms with E-state index < -0.39 is 23.7 Å². The first-order valence-corrected chi connectivity index (χ1v) is 9.79. The Bertz CT molecular complexity index is 1060. The number of ether oxygens (including phenoxy) is 1. The number of carbonyl (C=O) groups excluding carboxylic acids is 2. The zero-order valence-electron chi connectivity index (χ0n) is 15.5. The highest BCUT2D eigenvalue weighted by Crippen LogP contribution is 2.29. The molecule has 2 aromatic carbocycles. The number of hydrogen-bond acceptors (Lipinski definition) is 5. The molecule has 1 unspecified atom stereocenters. The number of aromatic nitrogens is 1. The number of halogens is 2. The lowest BCUT2D eigenvalue weighted by Gasteiger charge is -2.15. The van der Waals surface area contributed by atoms with Crippen molar-refractivity contribution < 1.29 is 18.7 Å². The van der Waals surface area contributed by atoms with Crippen LogP contribution in [0.5, 0.6) is 5.75 Å².